The lowest BCUT2D eigenvalue weighted by molar-refractivity contribution is -0.127. The third kappa shape index (κ3) is 3.71. The van der Waals surface area contributed by atoms with E-state index in [1.807, 2.05) is 0 Å². The molecule has 1 unspecified atom stereocenters. The number of rotatable bonds is 4. The van der Waals surface area contributed by atoms with E-state index in [0.717, 1.165) is 0 Å². The van der Waals surface area contributed by atoms with Gasteiger partial charge in [0.25, 0.3) is 0 Å². The summed E-state index contributed by atoms with van der Waals surface area (Å²) in [6, 6.07) is 3.45. The van der Waals surface area contributed by atoms with Gasteiger partial charge in [0.15, 0.2) is 0 Å². The van der Waals surface area contributed by atoms with E-state index in [-0.39, 0.29) is 24.2 Å². The molecule has 94 valence electrons. The van der Waals surface area contributed by atoms with Crippen molar-refractivity contribution in [2.75, 3.05) is 20.6 Å². The Balaban J connectivity index is 2.67. The molecule has 0 radical (unpaired) electrons. The average molecular weight is 240 g/mol. The summed E-state index contributed by atoms with van der Waals surface area (Å²) in [4.78, 5) is 12.8. The third-order valence-corrected chi connectivity index (χ3v) is 2.51. The van der Waals surface area contributed by atoms with Crippen molar-refractivity contribution in [1.29, 1.82) is 0 Å². The summed E-state index contributed by atoms with van der Waals surface area (Å²) in [5.41, 5.74) is 0.441. The van der Waals surface area contributed by atoms with Crippen LogP contribution in [0.25, 0.3) is 0 Å². The molecule has 0 saturated carbocycles. The number of aromatic hydroxyl groups is 1. The first-order chi connectivity index (χ1) is 7.91. The second-order valence-electron chi connectivity index (χ2n) is 4.09. The van der Waals surface area contributed by atoms with Crippen molar-refractivity contribution in [3.8, 4) is 5.75 Å². The van der Waals surface area contributed by atoms with Crippen LogP contribution in [0.3, 0.4) is 0 Å². The van der Waals surface area contributed by atoms with Gasteiger partial charge in [-0.25, -0.2) is 4.39 Å². The molecule has 0 spiro atoms. The maximum atomic E-state index is 13.0. The molecule has 0 aliphatic rings. The number of likely N-dealkylation sites (N-methyl/N-ethyl adjacent to an activating group) is 1. The number of carbonyl (C=O) groups is 1. The van der Waals surface area contributed by atoms with Crippen molar-refractivity contribution in [2.45, 2.75) is 13.0 Å². The van der Waals surface area contributed by atoms with Gasteiger partial charge in [-0.15, -0.1) is 0 Å². The highest BCUT2D eigenvalue weighted by Gasteiger charge is 2.13. The summed E-state index contributed by atoms with van der Waals surface area (Å²) in [6.07, 6.45) is 0. The molecule has 5 heteroatoms. The Morgan fingerprint density at radius 2 is 2.18 bits per heavy atom. The second kappa shape index (κ2) is 5.63. The number of phenols is 1. The van der Waals surface area contributed by atoms with Crippen LogP contribution >= 0.6 is 0 Å². The molecule has 0 aliphatic heterocycles. The van der Waals surface area contributed by atoms with E-state index in [2.05, 4.69) is 5.32 Å². The van der Waals surface area contributed by atoms with Crippen molar-refractivity contribution in [3.63, 3.8) is 0 Å². The lowest BCUT2D eigenvalue weighted by Crippen LogP contribution is -2.34. The summed E-state index contributed by atoms with van der Waals surface area (Å²) in [5, 5.41) is 12.5. The predicted molar refractivity (Wildman–Crippen MR) is 63.2 cm³/mol. The minimum Gasteiger partial charge on any atom is -0.508 e. The van der Waals surface area contributed by atoms with Gasteiger partial charge in [-0.2, -0.15) is 0 Å². The Hall–Kier alpha value is -1.62. The highest BCUT2D eigenvalue weighted by Crippen LogP contribution is 2.24. The minimum absolute atomic E-state index is 0.0173. The fourth-order valence-corrected chi connectivity index (χ4v) is 1.38. The Kier molecular flexibility index (Phi) is 4.45. The van der Waals surface area contributed by atoms with Crippen molar-refractivity contribution in [1.82, 2.24) is 10.2 Å². The second-order valence-corrected chi connectivity index (χ2v) is 4.09. The van der Waals surface area contributed by atoms with Gasteiger partial charge >= 0.3 is 0 Å². The first kappa shape index (κ1) is 13.4. The molecule has 17 heavy (non-hydrogen) atoms. The van der Waals surface area contributed by atoms with Crippen LogP contribution in [0.4, 0.5) is 4.39 Å². The lowest BCUT2D eigenvalue weighted by Gasteiger charge is -2.17. The molecule has 1 aromatic carbocycles. The van der Waals surface area contributed by atoms with Gasteiger partial charge in [0.2, 0.25) is 5.91 Å². The van der Waals surface area contributed by atoms with Gasteiger partial charge in [0, 0.05) is 25.7 Å². The van der Waals surface area contributed by atoms with Crippen LogP contribution in [0.2, 0.25) is 0 Å². The van der Waals surface area contributed by atoms with Crippen LogP contribution in [0.5, 0.6) is 5.75 Å². The van der Waals surface area contributed by atoms with Crippen molar-refractivity contribution >= 4 is 5.91 Å². The van der Waals surface area contributed by atoms with Gasteiger partial charge < -0.3 is 15.3 Å². The number of phenolic OH excluding ortho intramolecular Hbond substituents is 1. The molecule has 4 nitrogen and oxygen atoms in total. The monoisotopic (exact) mass is 240 g/mol. The van der Waals surface area contributed by atoms with Crippen LogP contribution in [-0.4, -0.2) is 36.6 Å². The van der Waals surface area contributed by atoms with Crippen LogP contribution in [0, 0.1) is 5.82 Å². The van der Waals surface area contributed by atoms with Crippen LogP contribution < -0.4 is 5.32 Å². The largest absolute Gasteiger partial charge is 0.508 e. The highest BCUT2D eigenvalue weighted by atomic mass is 19.1. The Morgan fingerprint density at radius 3 is 2.76 bits per heavy atom. The highest BCUT2D eigenvalue weighted by molar-refractivity contribution is 5.77. The maximum Gasteiger partial charge on any atom is 0.236 e. The molecule has 1 amide bonds. The number of hydrogen-bond acceptors (Lipinski definition) is 3. The number of benzene rings is 1. The van der Waals surface area contributed by atoms with Crippen molar-refractivity contribution < 1.29 is 14.3 Å². The van der Waals surface area contributed by atoms with E-state index in [1.54, 1.807) is 21.0 Å². The number of hydrogen-bond donors (Lipinski definition) is 2. The number of nitrogens with zero attached hydrogens (tertiary/aromatic N) is 1. The average Bonchev–Trinajstić information content (AvgIpc) is 2.28. The molecule has 1 rings (SSSR count). The van der Waals surface area contributed by atoms with Crippen LogP contribution in [-0.2, 0) is 4.79 Å². The fraction of sp³-hybridized carbons (Fsp3) is 0.417. The van der Waals surface area contributed by atoms with Crippen molar-refractivity contribution in [3.05, 3.63) is 29.6 Å². The Morgan fingerprint density at radius 1 is 1.53 bits per heavy atom. The number of amides is 1. The van der Waals surface area contributed by atoms with E-state index in [9.17, 15) is 14.3 Å². The lowest BCUT2D eigenvalue weighted by atomic mass is 10.1. The Bertz CT molecular complexity index is 407. The zero-order valence-electron chi connectivity index (χ0n) is 10.2. The van der Waals surface area contributed by atoms with Crippen LogP contribution in [0.1, 0.15) is 18.5 Å². The predicted octanol–water partition coefficient (Wildman–Crippen LogP) is 1.27. The zero-order valence-corrected chi connectivity index (χ0v) is 10.2. The standard InChI is InChI=1S/C12H17FN2O2/c1-8(14-7-12(17)15(2)3)10-6-9(13)4-5-11(10)16/h4-6,8,14,16H,7H2,1-3H3. The number of carbonyl (C=O) groups excluding carboxylic acids is 1. The van der Waals surface area contributed by atoms with Crippen LogP contribution in [0.15, 0.2) is 18.2 Å². The summed E-state index contributed by atoms with van der Waals surface area (Å²) in [7, 11) is 3.32. The molecule has 0 fully saturated rings. The summed E-state index contributed by atoms with van der Waals surface area (Å²) >= 11 is 0. The molecule has 2 N–H and O–H groups in total. The van der Waals surface area contributed by atoms with E-state index >= 15 is 0 Å². The summed E-state index contributed by atoms with van der Waals surface area (Å²) in [6.45, 7) is 1.90. The van der Waals surface area contributed by atoms with Gasteiger partial charge in [-0.05, 0) is 25.1 Å². The molecule has 0 heterocycles. The van der Waals surface area contributed by atoms with E-state index in [0.29, 0.717) is 5.56 Å². The maximum absolute atomic E-state index is 13.0. The third-order valence-electron chi connectivity index (χ3n) is 2.51. The SMILES string of the molecule is CC(NCC(=O)N(C)C)c1cc(F)ccc1O. The van der Waals surface area contributed by atoms with E-state index in [1.165, 1.54) is 23.1 Å². The fourth-order valence-electron chi connectivity index (χ4n) is 1.38. The smallest absolute Gasteiger partial charge is 0.236 e. The first-order valence-corrected chi connectivity index (χ1v) is 5.33. The summed E-state index contributed by atoms with van der Waals surface area (Å²) < 4.78 is 13.0. The molecule has 0 aromatic heterocycles. The molecule has 0 bridgehead atoms. The van der Waals surface area contributed by atoms with E-state index < -0.39 is 5.82 Å². The first-order valence-electron chi connectivity index (χ1n) is 5.33. The molecular weight excluding hydrogens is 223 g/mol. The molecule has 1 aromatic rings. The Labute approximate surface area is 100 Å². The zero-order chi connectivity index (χ0) is 13.0. The minimum atomic E-state index is -0.412. The quantitative estimate of drug-likeness (QED) is 0.833. The molecule has 1 atom stereocenters. The van der Waals surface area contributed by atoms with Gasteiger partial charge in [-0.3, -0.25) is 4.79 Å². The van der Waals surface area contributed by atoms with Gasteiger partial charge in [0.1, 0.15) is 11.6 Å². The van der Waals surface area contributed by atoms with Crippen molar-refractivity contribution in [2.24, 2.45) is 0 Å². The molecular formula is C12H17FN2O2. The molecule has 0 saturated heterocycles. The molecule has 0 aliphatic carbocycles. The number of halogens is 1. The topological polar surface area (TPSA) is 52.6 Å². The van der Waals surface area contributed by atoms with E-state index in [4.69, 9.17) is 0 Å². The summed E-state index contributed by atoms with van der Waals surface area (Å²) in [5.74, 6) is -0.471. The number of nitrogens with one attached hydrogen (secondary N) is 1. The van der Waals surface area contributed by atoms with Gasteiger partial charge in [-0.1, -0.05) is 0 Å². The van der Waals surface area contributed by atoms with Gasteiger partial charge in [0.05, 0.1) is 6.54 Å². The normalized spacial score (nSPS) is 12.2.